The van der Waals surface area contributed by atoms with Crippen LogP contribution in [0.3, 0.4) is 0 Å². The lowest BCUT2D eigenvalue weighted by Gasteiger charge is -2.49. The molecule has 0 saturated carbocycles. The first kappa shape index (κ1) is 17.0. The first-order chi connectivity index (χ1) is 11.4. The zero-order valence-corrected chi connectivity index (χ0v) is 14.3. The second kappa shape index (κ2) is 6.60. The topological polar surface area (TPSA) is 113 Å². The van der Waals surface area contributed by atoms with E-state index in [4.69, 9.17) is 5.73 Å². The van der Waals surface area contributed by atoms with Crippen molar-refractivity contribution in [2.45, 2.75) is 50.1 Å². The molecule has 8 heteroatoms. The van der Waals surface area contributed by atoms with Crippen LogP contribution in [0.25, 0.3) is 0 Å². The summed E-state index contributed by atoms with van der Waals surface area (Å²) in [6, 6.07) is -1.45. The van der Waals surface area contributed by atoms with Gasteiger partial charge >= 0.3 is 5.97 Å². The molecule has 130 valence electrons. The molecular weight excluding hydrogens is 330 g/mol. The molecule has 2 amide bonds. The number of β-lactam (4-membered cyclic amide) rings is 1. The second-order valence-electron chi connectivity index (χ2n) is 6.33. The van der Waals surface area contributed by atoms with Gasteiger partial charge in [-0.3, -0.25) is 14.5 Å². The predicted molar refractivity (Wildman–Crippen MR) is 89.9 cm³/mol. The fourth-order valence-corrected chi connectivity index (χ4v) is 4.62. The predicted octanol–water partition coefficient (Wildman–Crippen LogP) is 0.573. The largest absolute Gasteiger partial charge is 0.477 e. The summed E-state index contributed by atoms with van der Waals surface area (Å²) in [7, 11) is 0. The van der Waals surface area contributed by atoms with E-state index in [1.165, 1.54) is 16.7 Å². The van der Waals surface area contributed by atoms with Crippen molar-refractivity contribution in [3.63, 3.8) is 0 Å². The first-order valence-electron chi connectivity index (χ1n) is 8.04. The quantitative estimate of drug-likeness (QED) is 0.504. The number of carbonyl (C=O) groups excluding carboxylic acids is 2. The van der Waals surface area contributed by atoms with Gasteiger partial charge in [-0.15, -0.1) is 11.8 Å². The minimum Gasteiger partial charge on any atom is -0.477 e. The number of carboxylic acid groups (broad SMARTS) is 1. The molecule has 0 aromatic rings. The minimum absolute atomic E-state index is 0.0357. The van der Waals surface area contributed by atoms with Crippen molar-refractivity contribution in [3.8, 4) is 0 Å². The van der Waals surface area contributed by atoms with E-state index in [0.717, 1.165) is 31.3 Å². The fraction of sp³-hybridized carbons (Fsp3) is 0.562. The van der Waals surface area contributed by atoms with Gasteiger partial charge in [0.2, 0.25) is 5.91 Å². The lowest BCUT2D eigenvalue weighted by molar-refractivity contribution is -0.150. The van der Waals surface area contributed by atoms with Crippen molar-refractivity contribution in [3.05, 3.63) is 22.9 Å². The molecule has 2 heterocycles. The number of hydrogen-bond donors (Lipinski definition) is 3. The summed E-state index contributed by atoms with van der Waals surface area (Å²) < 4.78 is 0. The number of rotatable bonds is 4. The van der Waals surface area contributed by atoms with Crippen LogP contribution in [-0.4, -0.2) is 51.0 Å². The number of amides is 2. The number of thioether (sulfide) groups is 1. The van der Waals surface area contributed by atoms with Gasteiger partial charge in [0.05, 0.1) is 0 Å². The number of nitrogens with two attached hydrogens (primary N) is 1. The van der Waals surface area contributed by atoms with Gasteiger partial charge < -0.3 is 16.2 Å². The van der Waals surface area contributed by atoms with Crippen molar-refractivity contribution in [1.29, 1.82) is 0 Å². The first-order valence-corrected chi connectivity index (χ1v) is 9.09. The maximum absolute atomic E-state index is 12.4. The van der Waals surface area contributed by atoms with Gasteiger partial charge in [0.1, 0.15) is 23.2 Å². The highest BCUT2D eigenvalue weighted by Crippen LogP contribution is 2.40. The van der Waals surface area contributed by atoms with E-state index in [9.17, 15) is 19.5 Å². The third kappa shape index (κ3) is 2.84. The fourth-order valence-electron chi connectivity index (χ4n) is 3.33. The smallest absolute Gasteiger partial charge is 0.352 e. The molecule has 1 fully saturated rings. The monoisotopic (exact) mass is 351 g/mol. The van der Waals surface area contributed by atoms with Gasteiger partial charge in [-0.1, -0.05) is 6.08 Å². The number of allylic oxidation sites excluding steroid dienone is 1. The highest BCUT2D eigenvalue weighted by molar-refractivity contribution is 8.00. The summed E-state index contributed by atoms with van der Waals surface area (Å²) in [6.07, 6.45) is 5.87. The number of fused-ring (bicyclic) bond motifs is 1. The Balaban J connectivity index is 1.68. The summed E-state index contributed by atoms with van der Waals surface area (Å²) in [5.41, 5.74) is 7.63. The normalized spacial score (nSPS) is 27.8. The van der Waals surface area contributed by atoms with E-state index in [1.54, 1.807) is 6.92 Å². The third-order valence-corrected chi connectivity index (χ3v) is 6.09. The van der Waals surface area contributed by atoms with E-state index in [-0.39, 0.29) is 22.9 Å². The highest BCUT2D eigenvalue weighted by Gasteiger charge is 2.53. The van der Waals surface area contributed by atoms with Gasteiger partial charge in [0.25, 0.3) is 5.91 Å². The van der Waals surface area contributed by atoms with Gasteiger partial charge in [0.15, 0.2) is 0 Å². The molecule has 0 spiro atoms. The molecule has 3 rings (SSSR count). The molecule has 0 radical (unpaired) electrons. The Morgan fingerprint density at radius 2 is 2.21 bits per heavy atom. The van der Waals surface area contributed by atoms with Crippen LogP contribution in [0.2, 0.25) is 0 Å². The van der Waals surface area contributed by atoms with Crippen LogP contribution >= 0.6 is 11.8 Å². The van der Waals surface area contributed by atoms with E-state index >= 15 is 0 Å². The Morgan fingerprint density at radius 1 is 1.46 bits per heavy atom. The minimum atomic E-state index is -1.11. The number of nitrogens with one attached hydrogen (secondary N) is 1. The van der Waals surface area contributed by atoms with Crippen molar-refractivity contribution in [1.82, 2.24) is 10.2 Å². The second-order valence-corrected chi connectivity index (χ2v) is 7.44. The van der Waals surface area contributed by atoms with Crippen LogP contribution in [0.1, 0.15) is 32.6 Å². The number of carboxylic acids is 1. The van der Waals surface area contributed by atoms with Crippen molar-refractivity contribution < 1.29 is 19.5 Å². The van der Waals surface area contributed by atoms with Gasteiger partial charge in [-0.2, -0.15) is 0 Å². The molecule has 3 aliphatic rings. The highest BCUT2D eigenvalue weighted by atomic mass is 32.2. The van der Waals surface area contributed by atoms with E-state index in [1.807, 2.05) is 6.08 Å². The molecule has 0 unspecified atom stereocenters. The standard InChI is InChI=1S/C16H21N3O4S/c1-8-7-24-15-11(14(21)19(15)12(8)16(22)23)18-13(20)10(17)9-5-3-2-4-6-9/h5,10-11,15H,2-4,6-7,17H2,1H3,(H,18,20)(H,22,23)/t10-,11-,15-/m1/s1. The van der Waals surface area contributed by atoms with Crippen molar-refractivity contribution in [2.24, 2.45) is 5.73 Å². The lowest BCUT2D eigenvalue weighted by atomic mass is 9.93. The van der Waals surface area contributed by atoms with Crippen molar-refractivity contribution in [2.75, 3.05) is 5.75 Å². The van der Waals surface area contributed by atoms with Crippen molar-refractivity contribution >= 4 is 29.5 Å². The molecule has 0 aromatic heterocycles. The molecule has 1 saturated heterocycles. The molecular formula is C16H21N3O4S. The van der Waals surface area contributed by atoms with Crippen LogP contribution < -0.4 is 11.1 Å². The van der Waals surface area contributed by atoms with E-state index in [0.29, 0.717) is 11.3 Å². The van der Waals surface area contributed by atoms with Crippen LogP contribution in [0, 0.1) is 0 Å². The molecule has 7 nitrogen and oxygen atoms in total. The number of carbonyl (C=O) groups is 3. The van der Waals surface area contributed by atoms with Gasteiger partial charge in [0, 0.05) is 5.75 Å². The third-order valence-electron chi connectivity index (χ3n) is 4.67. The summed E-state index contributed by atoms with van der Waals surface area (Å²) in [5.74, 6) is -1.34. The van der Waals surface area contributed by atoms with E-state index < -0.39 is 18.1 Å². The number of nitrogens with zero attached hydrogens (tertiary/aromatic N) is 1. The lowest BCUT2D eigenvalue weighted by Crippen LogP contribution is -2.71. The molecule has 1 aliphatic carbocycles. The Kier molecular flexibility index (Phi) is 4.69. The summed E-state index contributed by atoms with van der Waals surface area (Å²) >= 11 is 1.46. The Morgan fingerprint density at radius 3 is 2.83 bits per heavy atom. The summed E-state index contributed by atoms with van der Waals surface area (Å²) in [4.78, 5) is 37.3. The Hall–Kier alpha value is -1.80. The average molecular weight is 351 g/mol. The Bertz CT molecular complexity index is 658. The molecule has 3 atom stereocenters. The summed E-state index contributed by atoms with van der Waals surface area (Å²) in [6.45, 7) is 1.71. The maximum atomic E-state index is 12.4. The molecule has 24 heavy (non-hydrogen) atoms. The average Bonchev–Trinajstić information content (AvgIpc) is 2.59. The van der Waals surface area contributed by atoms with Gasteiger partial charge in [-0.05, 0) is 43.8 Å². The SMILES string of the molecule is CC1=C(C(=O)O)N2C(=O)[C@@H](NC(=O)[C@H](N)C3=CCCCC3)[C@H]2SC1. The molecule has 0 aromatic carbocycles. The number of hydrogen-bond acceptors (Lipinski definition) is 5. The van der Waals surface area contributed by atoms with E-state index in [2.05, 4.69) is 5.32 Å². The van der Waals surface area contributed by atoms with Crippen LogP contribution in [0.15, 0.2) is 22.9 Å². The zero-order chi connectivity index (χ0) is 17.4. The molecule has 4 N–H and O–H groups in total. The maximum Gasteiger partial charge on any atom is 0.352 e. The zero-order valence-electron chi connectivity index (χ0n) is 13.4. The Labute approximate surface area is 144 Å². The summed E-state index contributed by atoms with van der Waals surface area (Å²) in [5, 5.41) is 11.6. The van der Waals surface area contributed by atoms with Crippen LogP contribution in [-0.2, 0) is 14.4 Å². The number of aliphatic carboxylic acids is 1. The van der Waals surface area contributed by atoms with Gasteiger partial charge in [-0.25, -0.2) is 4.79 Å². The van der Waals surface area contributed by atoms with Crippen LogP contribution in [0.4, 0.5) is 0 Å². The molecule has 0 bridgehead atoms. The molecule has 2 aliphatic heterocycles. The van der Waals surface area contributed by atoms with Crippen LogP contribution in [0.5, 0.6) is 0 Å².